The SMILES string of the molecule is CCNC(=NCc1nncn1CC)NC1CCN(C(=O)C2CCCC2)C1. The van der Waals surface area contributed by atoms with Crippen LogP contribution < -0.4 is 10.6 Å². The lowest BCUT2D eigenvalue weighted by Crippen LogP contribution is -2.45. The maximum Gasteiger partial charge on any atom is 0.225 e. The van der Waals surface area contributed by atoms with E-state index in [1.165, 1.54) is 12.8 Å². The first-order valence-electron chi connectivity index (χ1n) is 9.91. The van der Waals surface area contributed by atoms with Gasteiger partial charge in [-0.25, -0.2) is 4.99 Å². The molecule has 144 valence electrons. The Balaban J connectivity index is 1.54. The smallest absolute Gasteiger partial charge is 0.225 e. The number of nitrogens with one attached hydrogen (secondary N) is 2. The molecule has 1 aliphatic heterocycles. The van der Waals surface area contributed by atoms with E-state index in [2.05, 4.69) is 39.7 Å². The highest BCUT2D eigenvalue weighted by Gasteiger charge is 2.32. The van der Waals surface area contributed by atoms with Crippen LogP contribution in [0, 0.1) is 5.92 Å². The van der Waals surface area contributed by atoms with Crippen LogP contribution in [-0.4, -0.2) is 57.2 Å². The van der Waals surface area contributed by atoms with Crippen molar-refractivity contribution in [1.29, 1.82) is 0 Å². The number of hydrogen-bond acceptors (Lipinski definition) is 4. The lowest BCUT2D eigenvalue weighted by Gasteiger charge is -2.21. The van der Waals surface area contributed by atoms with Crippen LogP contribution in [-0.2, 0) is 17.9 Å². The third kappa shape index (κ3) is 4.53. The number of hydrogen-bond donors (Lipinski definition) is 2. The molecule has 1 saturated heterocycles. The van der Waals surface area contributed by atoms with E-state index in [-0.39, 0.29) is 12.0 Å². The minimum atomic E-state index is 0.252. The molecule has 8 heteroatoms. The van der Waals surface area contributed by atoms with Gasteiger partial charge in [-0.05, 0) is 33.1 Å². The van der Waals surface area contributed by atoms with Gasteiger partial charge < -0.3 is 20.1 Å². The largest absolute Gasteiger partial charge is 0.357 e. The van der Waals surface area contributed by atoms with E-state index in [4.69, 9.17) is 0 Å². The second-order valence-electron chi connectivity index (χ2n) is 7.12. The summed E-state index contributed by atoms with van der Waals surface area (Å²) in [5, 5.41) is 14.8. The summed E-state index contributed by atoms with van der Waals surface area (Å²) in [6, 6.07) is 0.252. The maximum absolute atomic E-state index is 12.6. The molecule has 1 unspecified atom stereocenters. The number of amides is 1. The number of rotatable bonds is 6. The van der Waals surface area contributed by atoms with Crippen molar-refractivity contribution in [3.63, 3.8) is 0 Å². The van der Waals surface area contributed by atoms with Crippen molar-refractivity contribution in [3.05, 3.63) is 12.2 Å². The van der Waals surface area contributed by atoms with Gasteiger partial charge in [0.1, 0.15) is 12.9 Å². The van der Waals surface area contributed by atoms with Gasteiger partial charge in [0, 0.05) is 38.1 Å². The Morgan fingerprint density at radius 2 is 2.12 bits per heavy atom. The molecule has 0 aromatic carbocycles. The summed E-state index contributed by atoms with van der Waals surface area (Å²) in [4.78, 5) is 19.3. The fourth-order valence-electron chi connectivity index (χ4n) is 3.84. The summed E-state index contributed by atoms with van der Waals surface area (Å²) in [6.45, 7) is 7.85. The van der Waals surface area contributed by atoms with E-state index in [1.807, 2.05) is 9.47 Å². The highest BCUT2D eigenvalue weighted by Crippen LogP contribution is 2.27. The maximum atomic E-state index is 12.6. The minimum absolute atomic E-state index is 0.252. The van der Waals surface area contributed by atoms with Crippen molar-refractivity contribution in [3.8, 4) is 0 Å². The first-order valence-corrected chi connectivity index (χ1v) is 9.91. The summed E-state index contributed by atoms with van der Waals surface area (Å²) in [5.74, 6) is 2.24. The fourth-order valence-corrected chi connectivity index (χ4v) is 3.84. The Bertz CT molecular complexity index is 621. The molecular weight excluding hydrogens is 330 g/mol. The zero-order valence-corrected chi connectivity index (χ0v) is 15.9. The normalized spacial score (nSPS) is 21.4. The van der Waals surface area contributed by atoms with Crippen LogP contribution in [0.5, 0.6) is 0 Å². The van der Waals surface area contributed by atoms with Crippen LogP contribution in [0.1, 0.15) is 51.8 Å². The van der Waals surface area contributed by atoms with Crippen LogP contribution in [0.25, 0.3) is 0 Å². The monoisotopic (exact) mass is 361 g/mol. The summed E-state index contributed by atoms with van der Waals surface area (Å²) >= 11 is 0. The third-order valence-corrected chi connectivity index (χ3v) is 5.30. The van der Waals surface area contributed by atoms with Gasteiger partial charge in [-0.2, -0.15) is 0 Å². The standard InChI is InChI=1S/C18H31N7O/c1-3-19-18(20-11-16-23-21-13-24(16)4-2)22-15-9-10-25(12-15)17(26)14-7-5-6-8-14/h13-15H,3-12H2,1-2H3,(H2,19,20,22). The fraction of sp³-hybridized carbons (Fsp3) is 0.778. The Labute approximate surface area is 155 Å². The number of nitrogens with zero attached hydrogens (tertiary/aromatic N) is 5. The summed E-state index contributed by atoms with van der Waals surface area (Å²) in [5.41, 5.74) is 0. The molecule has 1 atom stereocenters. The molecule has 26 heavy (non-hydrogen) atoms. The van der Waals surface area contributed by atoms with E-state index in [9.17, 15) is 4.79 Å². The van der Waals surface area contributed by atoms with E-state index in [0.29, 0.717) is 12.5 Å². The molecule has 2 N–H and O–H groups in total. The molecule has 2 heterocycles. The zero-order chi connectivity index (χ0) is 18.4. The molecular formula is C18H31N7O. The van der Waals surface area contributed by atoms with Gasteiger partial charge in [0.25, 0.3) is 0 Å². The Morgan fingerprint density at radius 1 is 1.31 bits per heavy atom. The van der Waals surface area contributed by atoms with Crippen molar-refractivity contribution in [2.45, 2.75) is 65.1 Å². The molecule has 3 rings (SSSR count). The van der Waals surface area contributed by atoms with Crippen molar-refractivity contribution < 1.29 is 4.79 Å². The highest BCUT2D eigenvalue weighted by atomic mass is 16.2. The average Bonchev–Trinajstić information content (AvgIpc) is 3.40. The predicted molar refractivity (Wildman–Crippen MR) is 101 cm³/mol. The zero-order valence-electron chi connectivity index (χ0n) is 15.9. The molecule has 2 fully saturated rings. The molecule has 0 bridgehead atoms. The molecule has 0 spiro atoms. The molecule has 1 aromatic heterocycles. The van der Waals surface area contributed by atoms with E-state index >= 15 is 0 Å². The topological polar surface area (TPSA) is 87.4 Å². The molecule has 2 aliphatic rings. The average molecular weight is 361 g/mol. The summed E-state index contributed by atoms with van der Waals surface area (Å²) in [7, 11) is 0. The molecule has 1 amide bonds. The van der Waals surface area contributed by atoms with Gasteiger partial charge in [0.2, 0.25) is 5.91 Å². The van der Waals surface area contributed by atoms with Gasteiger partial charge in [-0.1, -0.05) is 12.8 Å². The Morgan fingerprint density at radius 3 is 2.85 bits per heavy atom. The first kappa shape index (κ1) is 18.7. The van der Waals surface area contributed by atoms with Crippen molar-refractivity contribution in [2.75, 3.05) is 19.6 Å². The van der Waals surface area contributed by atoms with Crippen LogP contribution in [0.4, 0.5) is 0 Å². The van der Waals surface area contributed by atoms with Gasteiger partial charge in [-0.3, -0.25) is 4.79 Å². The van der Waals surface area contributed by atoms with Crippen molar-refractivity contribution in [2.24, 2.45) is 10.9 Å². The Kier molecular flexibility index (Phi) is 6.46. The Hall–Kier alpha value is -2.12. The molecule has 1 aliphatic carbocycles. The molecule has 8 nitrogen and oxygen atoms in total. The minimum Gasteiger partial charge on any atom is -0.357 e. The van der Waals surface area contributed by atoms with Gasteiger partial charge >= 0.3 is 0 Å². The predicted octanol–water partition coefficient (Wildman–Crippen LogP) is 1.14. The number of aromatic nitrogens is 3. The number of guanidine groups is 1. The van der Waals surface area contributed by atoms with Gasteiger partial charge in [0.05, 0.1) is 0 Å². The molecule has 0 radical (unpaired) electrons. The van der Waals surface area contributed by atoms with Gasteiger partial charge in [0.15, 0.2) is 11.8 Å². The van der Waals surface area contributed by atoms with Crippen LogP contribution in [0.3, 0.4) is 0 Å². The van der Waals surface area contributed by atoms with Crippen LogP contribution >= 0.6 is 0 Å². The summed E-state index contributed by atoms with van der Waals surface area (Å²) in [6.07, 6.45) is 7.23. The summed E-state index contributed by atoms with van der Waals surface area (Å²) < 4.78 is 1.99. The van der Waals surface area contributed by atoms with Crippen LogP contribution in [0.2, 0.25) is 0 Å². The molecule has 1 saturated carbocycles. The second-order valence-corrected chi connectivity index (χ2v) is 7.12. The third-order valence-electron chi connectivity index (χ3n) is 5.30. The highest BCUT2D eigenvalue weighted by molar-refractivity contribution is 5.81. The second kappa shape index (κ2) is 9.00. The van der Waals surface area contributed by atoms with E-state index < -0.39 is 0 Å². The van der Waals surface area contributed by atoms with Crippen LogP contribution in [0.15, 0.2) is 11.3 Å². The number of aliphatic imine (C=N–C) groups is 1. The number of carbonyl (C=O) groups is 1. The lowest BCUT2D eigenvalue weighted by atomic mass is 10.1. The van der Waals surface area contributed by atoms with Gasteiger partial charge in [-0.15, -0.1) is 10.2 Å². The number of likely N-dealkylation sites (tertiary alicyclic amines) is 1. The van der Waals surface area contributed by atoms with Crippen molar-refractivity contribution in [1.82, 2.24) is 30.3 Å². The first-order chi connectivity index (χ1) is 12.7. The number of aryl methyl sites for hydroxylation is 1. The quantitative estimate of drug-likeness (QED) is 0.586. The van der Waals surface area contributed by atoms with E-state index in [1.54, 1.807) is 6.33 Å². The number of carbonyl (C=O) groups excluding carboxylic acids is 1. The van der Waals surface area contributed by atoms with Crippen molar-refractivity contribution >= 4 is 11.9 Å². The van der Waals surface area contributed by atoms with E-state index in [0.717, 1.165) is 57.2 Å². The molecule has 1 aromatic rings. The lowest BCUT2D eigenvalue weighted by molar-refractivity contribution is -0.134.